The molecule has 0 bridgehead atoms. The average molecular weight is 421 g/mol. The molecule has 1 aliphatic heterocycles. The predicted molar refractivity (Wildman–Crippen MR) is 109 cm³/mol. The highest BCUT2D eigenvalue weighted by molar-refractivity contribution is 7.86. The van der Waals surface area contributed by atoms with Gasteiger partial charge in [0.15, 0.2) is 0 Å². The van der Waals surface area contributed by atoms with Crippen molar-refractivity contribution in [3.63, 3.8) is 0 Å². The van der Waals surface area contributed by atoms with E-state index >= 15 is 0 Å². The molecule has 2 heterocycles. The van der Waals surface area contributed by atoms with Gasteiger partial charge in [0.1, 0.15) is 10.7 Å². The van der Waals surface area contributed by atoms with Crippen LogP contribution >= 0.6 is 0 Å². The van der Waals surface area contributed by atoms with Crippen LogP contribution < -0.4 is 0 Å². The molecular weight excluding hydrogens is 406 g/mol. The smallest absolute Gasteiger partial charge is 0.295 e. The molecule has 150 valence electrons. The minimum atomic E-state index is -4.50. The summed E-state index contributed by atoms with van der Waals surface area (Å²) in [6, 6.07) is 14.6. The van der Waals surface area contributed by atoms with Crippen LogP contribution in [0.25, 0.3) is 21.8 Å². The fraction of sp³-hybridized carbons (Fsp3) is 0.0952. The number of nitrogens with zero attached hydrogens (tertiary/aromatic N) is 2. The Bertz CT molecular complexity index is 1420. The molecule has 2 N–H and O–H groups in total. The van der Waals surface area contributed by atoms with Gasteiger partial charge in [-0.1, -0.05) is 24.3 Å². The van der Waals surface area contributed by atoms with Gasteiger partial charge in [0.05, 0.1) is 11.0 Å². The lowest BCUT2D eigenvalue weighted by Gasteiger charge is -2.27. The summed E-state index contributed by atoms with van der Waals surface area (Å²) in [7, 11) is -4.50. The Morgan fingerprint density at radius 1 is 0.933 bits per heavy atom. The maximum Gasteiger partial charge on any atom is 0.295 e. The maximum atomic E-state index is 13.0. The first-order valence-electron chi connectivity index (χ1n) is 9.17. The lowest BCUT2D eigenvalue weighted by atomic mass is 9.94. The van der Waals surface area contributed by atoms with E-state index in [1.807, 2.05) is 24.3 Å². The number of aromatic amines is 1. The Labute approximate surface area is 170 Å². The summed E-state index contributed by atoms with van der Waals surface area (Å²) in [6.45, 7) is 0.118. The number of H-pyrrole nitrogens is 1. The van der Waals surface area contributed by atoms with Crippen LogP contribution in [0.3, 0.4) is 0 Å². The van der Waals surface area contributed by atoms with Gasteiger partial charge in [-0.3, -0.25) is 19.0 Å². The predicted octanol–water partition coefficient (Wildman–Crippen LogP) is 2.80. The molecule has 0 aliphatic carbocycles. The Morgan fingerprint density at radius 3 is 2.40 bits per heavy atom. The number of imidazole rings is 1. The fourth-order valence-electron chi connectivity index (χ4n) is 3.89. The number of amides is 2. The van der Waals surface area contributed by atoms with Gasteiger partial charge in [-0.2, -0.15) is 8.42 Å². The van der Waals surface area contributed by atoms with Gasteiger partial charge in [-0.05, 0) is 30.3 Å². The lowest BCUT2D eigenvalue weighted by Crippen LogP contribution is -2.41. The van der Waals surface area contributed by atoms with Crippen molar-refractivity contribution in [3.8, 4) is 0 Å². The Kier molecular flexibility index (Phi) is 3.99. The van der Waals surface area contributed by atoms with Gasteiger partial charge in [-0.15, -0.1) is 0 Å². The van der Waals surface area contributed by atoms with Gasteiger partial charge >= 0.3 is 0 Å². The maximum absolute atomic E-state index is 13.0. The Balaban J connectivity index is 1.53. The van der Waals surface area contributed by atoms with Gasteiger partial charge < -0.3 is 4.98 Å². The molecule has 0 saturated heterocycles. The molecule has 2 amide bonds. The normalized spacial score (nSPS) is 14.1. The highest BCUT2D eigenvalue weighted by Gasteiger charge is 2.34. The Morgan fingerprint density at radius 2 is 1.67 bits per heavy atom. The number of fused-ring (bicyclic) bond motifs is 1. The largest absolute Gasteiger partial charge is 0.342 e. The summed E-state index contributed by atoms with van der Waals surface area (Å²) < 4.78 is 32.9. The van der Waals surface area contributed by atoms with E-state index in [0.717, 1.165) is 15.9 Å². The van der Waals surface area contributed by atoms with Crippen LogP contribution in [0.1, 0.15) is 26.5 Å². The van der Waals surface area contributed by atoms with E-state index in [1.165, 1.54) is 24.3 Å². The molecule has 0 fully saturated rings. The van der Waals surface area contributed by atoms with E-state index in [9.17, 15) is 22.6 Å². The molecule has 0 saturated carbocycles. The highest BCUT2D eigenvalue weighted by Crippen LogP contribution is 2.33. The van der Waals surface area contributed by atoms with Gasteiger partial charge in [0.2, 0.25) is 0 Å². The van der Waals surface area contributed by atoms with Crippen LogP contribution in [-0.4, -0.2) is 46.2 Å². The van der Waals surface area contributed by atoms with Crippen LogP contribution in [0.5, 0.6) is 0 Å². The first kappa shape index (κ1) is 18.5. The van der Waals surface area contributed by atoms with Crippen molar-refractivity contribution in [1.82, 2.24) is 14.9 Å². The standard InChI is InChI=1S/C21H15N3O5S/c25-20-13-5-3-4-12-17(30(27,28)29)9-8-14(19(12)13)21(26)24(20)11-10-18-22-15-6-1-2-7-16(15)23-18/h1-9H,10-11H2,(H,22,23)(H,27,28,29). The Hall–Kier alpha value is -3.56. The minimum Gasteiger partial charge on any atom is -0.342 e. The summed E-state index contributed by atoms with van der Waals surface area (Å²) in [5.41, 5.74) is 2.11. The third-order valence-electron chi connectivity index (χ3n) is 5.24. The fourth-order valence-corrected chi connectivity index (χ4v) is 4.58. The van der Waals surface area contributed by atoms with Crippen molar-refractivity contribution in [2.24, 2.45) is 0 Å². The number of benzene rings is 3. The topological polar surface area (TPSA) is 120 Å². The number of hydrogen-bond acceptors (Lipinski definition) is 5. The molecule has 1 aromatic heterocycles. The third kappa shape index (κ3) is 2.78. The zero-order valence-corrected chi connectivity index (χ0v) is 16.3. The zero-order valence-electron chi connectivity index (χ0n) is 15.5. The first-order chi connectivity index (χ1) is 14.3. The van der Waals surface area contributed by atoms with Crippen molar-refractivity contribution in [2.45, 2.75) is 11.3 Å². The monoisotopic (exact) mass is 421 g/mol. The van der Waals surface area contributed by atoms with Crippen molar-refractivity contribution >= 4 is 43.7 Å². The number of carbonyl (C=O) groups excluding carboxylic acids is 2. The van der Waals surface area contributed by atoms with Crippen molar-refractivity contribution in [2.75, 3.05) is 6.54 Å². The summed E-state index contributed by atoms with van der Waals surface area (Å²) in [6.07, 6.45) is 0.348. The second-order valence-electron chi connectivity index (χ2n) is 7.03. The quantitative estimate of drug-likeness (QED) is 0.386. The SMILES string of the molecule is O=C1c2cccc3c(S(=O)(=O)O)ccc(c23)C(=O)N1CCc1nc2ccccc2[nH]1. The number of carbonyl (C=O) groups is 2. The second-order valence-corrected chi connectivity index (χ2v) is 8.42. The van der Waals surface area contributed by atoms with Crippen molar-refractivity contribution in [3.05, 3.63) is 71.5 Å². The number of hydrogen-bond donors (Lipinski definition) is 2. The molecule has 5 rings (SSSR count). The number of para-hydroxylation sites is 2. The summed E-state index contributed by atoms with van der Waals surface area (Å²) in [5.74, 6) is -0.370. The van der Waals surface area contributed by atoms with Gasteiger partial charge in [0.25, 0.3) is 21.9 Å². The average Bonchev–Trinajstić information content (AvgIpc) is 3.13. The first-order valence-corrected chi connectivity index (χ1v) is 10.6. The van der Waals surface area contributed by atoms with Crippen LogP contribution in [-0.2, 0) is 16.5 Å². The molecular formula is C21H15N3O5S. The molecule has 0 unspecified atom stereocenters. The van der Waals surface area contributed by atoms with E-state index in [2.05, 4.69) is 9.97 Å². The van der Waals surface area contributed by atoms with Gasteiger partial charge in [-0.25, -0.2) is 4.98 Å². The van der Waals surface area contributed by atoms with Gasteiger partial charge in [0, 0.05) is 34.9 Å². The summed E-state index contributed by atoms with van der Waals surface area (Å²) in [5, 5.41) is 0.383. The molecule has 0 radical (unpaired) electrons. The van der Waals surface area contributed by atoms with Crippen molar-refractivity contribution in [1.29, 1.82) is 0 Å². The number of nitrogens with one attached hydrogen (secondary N) is 1. The number of aromatic nitrogens is 2. The zero-order chi connectivity index (χ0) is 21.0. The van der Waals surface area contributed by atoms with Crippen LogP contribution in [0.4, 0.5) is 0 Å². The summed E-state index contributed by atoms with van der Waals surface area (Å²) >= 11 is 0. The molecule has 4 aromatic rings. The summed E-state index contributed by atoms with van der Waals surface area (Å²) in [4.78, 5) is 34.5. The van der Waals surface area contributed by atoms with E-state index in [1.54, 1.807) is 6.07 Å². The van der Waals surface area contributed by atoms with E-state index in [-0.39, 0.29) is 33.3 Å². The molecule has 0 spiro atoms. The lowest BCUT2D eigenvalue weighted by molar-refractivity contribution is 0.0612. The van der Waals surface area contributed by atoms with Crippen LogP contribution in [0, 0.1) is 0 Å². The molecule has 9 heteroatoms. The van der Waals surface area contributed by atoms with E-state index in [0.29, 0.717) is 12.2 Å². The molecule has 8 nitrogen and oxygen atoms in total. The second kappa shape index (κ2) is 6.48. The molecule has 0 atom stereocenters. The third-order valence-corrected chi connectivity index (χ3v) is 6.15. The minimum absolute atomic E-state index is 0.118. The molecule has 30 heavy (non-hydrogen) atoms. The molecule has 1 aliphatic rings. The van der Waals surface area contributed by atoms with E-state index in [4.69, 9.17) is 0 Å². The highest BCUT2D eigenvalue weighted by atomic mass is 32.2. The number of rotatable bonds is 4. The molecule has 3 aromatic carbocycles. The number of imide groups is 1. The van der Waals surface area contributed by atoms with Crippen LogP contribution in [0.15, 0.2) is 59.5 Å². The van der Waals surface area contributed by atoms with E-state index < -0.39 is 21.9 Å². The van der Waals surface area contributed by atoms with Crippen molar-refractivity contribution < 1.29 is 22.6 Å². The van der Waals surface area contributed by atoms with Crippen LogP contribution in [0.2, 0.25) is 0 Å².